The molecule has 5 heterocycles. The highest BCUT2D eigenvalue weighted by atomic mass is 35.5. The quantitative estimate of drug-likeness (QED) is 0.159. The number of hydrogen-bond acceptors (Lipinski definition) is 7. The Kier molecular flexibility index (Phi) is 12.6. The molecule has 0 bridgehead atoms. The van der Waals surface area contributed by atoms with Gasteiger partial charge in [-0.05, 0) is 64.7 Å². The van der Waals surface area contributed by atoms with Crippen LogP contribution in [0.4, 0.5) is 11.9 Å². The van der Waals surface area contributed by atoms with E-state index in [0.29, 0.717) is 5.28 Å². The summed E-state index contributed by atoms with van der Waals surface area (Å²) >= 11 is 6.17. The lowest BCUT2D eigenvalue weighted by molar-refractivity contribution is 0.534. The SMILES string of the molecule is C1CNCCN1.Clc1nc2ccccc2n1Cc1ccccc1.c1ccc(Cn2c(N3CCN(c4nc5ccccc5n4Cc4ccccc4)CC3)nc3ccccc32)cc1. The van der Waals surface area contributed by atoms with Crippen LogP contribution in [0.2, 0.25) is 5.28 Å². The van der Waals surface area contributed by atoms with Gasteiger partial charge in [-0.3, -0.25) is 0 Å². The summed E-state index contributed by atoms with van der Waals surface area (Å²) in [5.41, 5.74) is 10.2. The molecule has 10 nitrogen and oxygen atoms in total. The van der Waals surface area contributed by atoms with E-state index in [1.54, 1.807) is 0 Å². The van der Waals surface area contributed by atoms with Gasteiger partial charge in [0.25, 0.3) is 0 Å². The van der Waals surface area contributed by atoms with Gasteiger partial charge in [0, 0.05) is 52.4 Å². The number of aromatic nitrogens is 6. The Bertz CT molecular complexity index is 2630. The lowest BCUT2D eigenvalue weighted by Gasteiger charge is -2.36. The topological polar surface area (TPSA) is 84.0 Å². The van der Waals surface area contributed by atoms with Crippen molar-refractivity contribution in [1.29, 1.82) is 0 Å². The normalized spacial score (nSPS) is 14.1. The van der Waals surface area contributed by atoms with Crippen LogP contribution in [0.1, 0.15) is 16.7 Å². The Morgan fingerprint density at radius 1 is 0.377 bits per heavy atom. The van der Waals surface area contributed by atoms with E-state index in [0.717, 1.165) is 106 Å². The van der Waals surface area contributed by atoms with Crippen LogP contribution in [-0.4, -0.2) is 81.0 Å². The van der Waals surface area contributed by atoms with Gasteiger partial charge in [0.05, 0.1) is 52.7 Å². The van der Waals surface area contributed by atoms with Crippen LogP contribution in [-0.2, 0) is 19.6 Å². The van der Waals surface area contributed by atoms with Crippen LogP contribution in [0.15, 0.2) is 164 Å². The summed E-state index contributed by atoms with van der Waals surface area (Å²) in [5.74, 6) is 2.10. The number of piperazine rings is 2. The highest BCUT2D eigenvalue weighted by Gasteiger charge is 2.26. The van der Waals surface area contributed by atoms with Crippen molar-refractivity contribution in [2.45, 2.75) is 19.6 Å². The van der Waals surface area contributed by atoms with E-state index in [1.807, 2.05) is 47.0 Å². The molecule has 11 rings (SSSR count). The van der Waals surface area contributed by atoms with Crippen molar-refractivity contribution < 1.29 is 0 Å². The minimum Gasteiger partial charge on any atom is -0.339 e. The predicted octanol–water partition coefficient (Wildman–Crippen LogP) is 8.73. The summed E-state index contributed by atoms with van der Waals surface area (Å²) in [7, 11) is 0. The maximum Gasteiger partial charge on any atom is 0.206 e. The second kappa shape index (κ2) is 19.3. The minimum atomic E-state index is 0.537. The molecule has 11 heteroatoms. The number of hydrogen-bond donors (Lipinski definition) is 2. The highest BCUT2D eigenvalue weighted by Crippen LogP contribution is 2.29. The largest absolute Gasteiger partial charge is 0.339 e. The van der Waals surface area contributed by atoms with Crippen LogP contribution in [0, 0.1) is 0 Å². The van der Waals surface area contributed by atoms with E-state index < -0.39 is 0 Å². The van der Waals surface area contributed by atoms with Crippen LogP contribution in [0.3, 0.4) is 0 Å². The van der Waals surface area contributed by atoms with Crippen molar-refractivity contribution in [3.8, 4) is 0 Å². The van der Waals surface area contributed by atoms with Crippen molar-refractivity contribution in [2.24, 2.45) is 0 Å². The monoisotopic (exact) mass is 826 g/mol. The molecule has 2 N–H and O–H groups in total. The summed E-state index contributed by atoms with van der Waals surface area (Å²) in [6.45, 7) is 10.5. The maximum absolute atomic E-state index is 6.17. The number of halogens is 1. The van der Waals surface area contributed by atoms with Gasteiger partial charge in [0.15, 0.2) is 0 Å². The predicted molar refractivity (Wildman–Crippen MR) is 251 cm³/mol. The number of rotatable bonds is 8. The fourth-order valence-electron chi connectivity index (χ4n) is 8.12. The van der Waals surface area contributed by atoms with Crippen molar-refractivity contribution >= 4 is 56.6 Å². The third-order valence-electron chi connectivity index (χ3n) is 11.2. The van der Waals surface area contributed by atoms with Crippen LogP contribution >= 0.6 is 11.6 Å². The highest BCUT2D eigenvalue weighted by molar-refractivity contribution is 6.29. The average molecular weight is 827 g/mol. The molecule has 308 valence electrons. The van der Waals surface area contributed by atoms with E-state index in [9.17, 15) is 0 Å². The zero-order valence-corrected chi connectivity index (χ0v) is 35.1. The van der Waals surface area contributed by atoms with Gasteiger partial charge in [-0.1, -0.05) is 127 Å². The maximum atomic E-state index is 6.17. The van der Waals surface area contributed by atoms with Gasteiger partial charge in [-0.25, -0.2) is 15.0 Å². The molecule has 3 aromatic heterocycles. The molecule has 9 aromatic rings. The van der Waals surface area contributed by atoms with Gasteiger partial charge in [-0.15, -0.1) is 0 Å². The first-order valence-electron chi connectivity index (χ1n) is 21.2. The first kappa shape index (κ1) is 40.0. The van der Waals surface area contributed by atoms with Crippen molar-refractivity contribution in [3.05, 3.63) is 186 Å². The van der Waals surface area contributed by atoms with Crippen molar-refractivity contribution in [1.82, 2.24) is 39.3 Å². The first-order valence-corrected chi connectivity index (χ1v) is 21.6. The van der Waals surface area contributed by atoms with Gasteiger partial charge in [0.1, 0.15) is 0 Å². The minimum absolute atomic E-state index is 0.537. The Hall–Kier alpha value is -6.46. The zero-order valence-electron chi connectivity index (χ0n) is 34.3. The standard InChI is InChI=1S/C32H30N6.C14H11ClN2.C4H10N2/c1-3-11-25(12-4-1)23-37-29-17-9-7-15-27(29)33-31(37)35-19-21-36(22-20-35)32-34-28-16-8-10-18-30(28)38(32)24-26-13-5-2-6-14-26;15-14-16-12-8-4-5-9-13(12)17(14)10-11-6-2-1-3-7-11;1-2-6-4-3-5-1/h1-18H,19-24H2;1-9H,10H2;5-6H,1-4H2. The molecule has 0 spiro atoms. The van der Waals surface area contributed by atoms with Crippen molar-refractivity contribution in [3.63, 3.8) is 0 Å². The number of fused-ring (bicyclic) bond motifs is 3. The molecular weight excluding hydrogens is 776 g/mol. The van der Waals surface area contributed by atoms with Crippen LogP contribution in [0.5, 0.6) is 0 Å². The molecule has 61 heavy (non-hydrogen) atoms. The molecule has 0 radical (unpaired) electrons. The molecule has 0 amide bonds. The molecule has 6 aromatic carbocycles. The summed E-state index contributed by atoms with van der Waals surface area (Å²) < 4.78 is 6.75. The van der Waals surface area contributed by atoms with E-state index >= 15 is 0 Å². The Morgan fingerprint density at radius 3 is 1.07 bits per heavy atom. The number of nitrogens with zero attached hydrogens (tertiary/aromatic N) is 8. The van der Waals surface area contributed by atoms with E-state index in [2.05, 4.69) is 156 Å². The molecule has 0 atom stereocenters. The third-order valence-corrected chi connectivity index (χ3v) is 11.5. The smallest absolute Gasteiger partial charge is 0.206 e. The summed E-state index contributed by atoms with van der Waals surface area (Å²) in [6, 6.07) is 56.5. The number of imidazole rings is 3. The Morgan fingerprint density at radius 2 is 0.689 bits per heavy atom. The second-order valence-corrected chi connectivity index (χ2v) is 15.7. The van der Waals surface area contributed by atoms with Crippen molar-refractivity contribution in [2.75, 3.05) is 62.2 Å². The molecular formula is C50H51ClN10. The van der Waals surface area contributed by atoms with E-state index in [1.165, 1.54) is 27.7 Å². The van der Waals surface area contributed by atoms with Gasteiger partial charge in [-0.2, -0.15) is 0 Å². The molecule has 0 saturated carbocycles. The summed E-state index contributed by atoms with van der Waals surface area (Å²) in [6.07, 6.45) is 0. The number of nitrogens with one attached hydrogen (secondary N) is 2. The second-order valence-electron chi connectivity index (χ2n) is 15.4. The zero-order chi connectivity index (χ0) is 41.2. The average Bonchev–Trinajstić information content (AvgIpc) is 3.99. The fraction of sp³-hybridized carbons (Fsp3) is 0.220. The van der Waals surface area contributed by atoms with E-state index in [4.69, 9.17) is 21.6 Å². The molecule has 2 saturated heterocycles. The fourth-order valence-corrected chi connectivity index (χ4v) is 8.37. The molecule has 2 aliphatic heterocycles. The Labute approximate surface area is 362 Å². The van der Waals surface area contributed by atoms with Gasteiger partial charge < -0.3 is 34.1 Å². The number of anilines is 2. The van der Waals surface area contributed by atoms with Gasteiger partial charge in [0.2, 0.25) is 17.2 Å². The summed E-state index contributed by atoms with van der Waals surface area (Å²) in [4.78, 5) is 19.4. The first-order chi connectivity index (χ1) is 30.2. The molecule has 2 fully saturated rings. The lowest BCUT2D eigenvalue weighted by atomic mass is 10.2. The number of para-hydroxylation sites is 6. The third kappa shape index (κ3) is 9.47. The number of benzene rings is 6. The van der Waals surface area contributed by atoms with Crippen LogP contribution in [0.25, 0.3) is 33.1 Å². The van der Waals surface area contributed by atoms with E-state index in [-0.39, 0.29) is 0 Å². The molecule has 2 aliphatic rings. The van der Waals surface area contributed by atoms with Gasteiger partial charge >= 0.3 is 0 Å². The Balaban J connectivity index is 0.000000169. The molecule has 0 unspecified atom stereocenters. The lowest BCUT2D eigenvalue weighted by Crippen LogP contribution is -2.48. The van der Waals surface area contributed by atoms with Crippen LogP contribution < -0.4 is 20.4 Å². The molecule has 0 aliphatic carbocycles. The summed E-state index contributed by atoms with van der Waals surface area (Å²) in [5, 5.41) is 6.98.